The average molecular weight is 435 g/mol. The number of methoxy groups -OCH3 is 1. The van der Waals surface area contributed by atoms with Gasteiger partial charge in [-0.2, -0.15) is 0 Å². The number of halogens is 1. The fourth-order valence-electron chi connectivity index (χ4n) is 3.64. The largest absolute Gasteiger partial charge is 0.507 e. The van der Waals surface area contributed by atoms with Gasteiger partial charge in [0.25, 0.3) is 11.7 Å². The number of aliphatic hydroxyl groups is 1. The van der Waals surface area contributed by atoms with Gasteiger partial charge in [-0.3, -0.25) is 9.59 Å². The van der Waals surface area contributed by atoms with Crippen LogP contribution in [-0.4, -0.2) is 34.8 Å². The number of benzene rings is 2. The highest BCUT2D eigenvalue weighted by molar-refractivity contribution is 6.46. The van der Waals surface area contributed by atoms with Crippen LogP contribution in [0.15, 0.2) is 76.9 Å². The Bertz CT molecular complexity index is 1200. The lowest BCUT2D eigenvalue weighted by Crippen LogP contribution is -2.29. The third kappa shape index (κ3) is 3.78. The molecule has 0 bridgehead atoms. The van der Waals surface area contributed by atoms with Crippen LogP contribution in [0.1, 0.15) is 33.3 Å². The molecule has 1 saturated heterocycles. The van der Waals surface area contributed by atoms with Gasteiger partial charge in [0.15, 0.2) is 0 Å². The zero-order chi connectivity index (χ0) is 22.8. The first-order chi connectivity index (χ1) is 15.4. The smallest absolute Gasteiger partial charge is 0.337 e. The summed E-state index contributed by atoms with van der Waals surface area (Å²) >= 11 is 0. The summed E-state index contributed by atoms with van der Waals surface area (Å²) in [5.41, 5.74) is 0.836. The Morgan fingerprint density at radius 1 is 1.06 bits per heavy atom. The van der Waals surface area contributed by atoms with Crippen LogP contribution in [0.5, 0.6) is 0 Å². The number of esters is 1. The minimum Gasteiger partial charge on any atom is -0.507 e. The topological polar surface area (TPSA) is 97.0 Å². The molecular weight excluding hydrogens is 417 g/mol. The molecule has 1 unspecified atom stereocenters. The highest BCUT2D eigenvalue weighted by Crippen LogP contribution is 2.40. The molecule has 0 aliphatic carbocycles. The molecule has 7 nitrogen and oxygen atoms in total. The Balaban J connectivity index is 1.84. The van der Waals surface area contributed by atoms with E-state index in [0.717, 1.165) is 12.1 Å². The van der Waals surface area contributed by atoms with Crippen LogP contribution in [0.3, 0.4) is 0 Å². The Hall–Kier alpha value is -4.20. The summed E-state index contributed by atoms with van der Waals surface area (Å²) in [5.74, 6) is -2.70. The second-order valence-corrected chi connectivity index (χ2v) is 7.13. The van der Waals surface area contributed by atoms with Gasteiger partial charge in [0.1, 0.15) is 17.3 Å². The quantitative estimate of drug-likeness (QED) is 0.283. The van der Waals surface area contributed by atoms with E-state index in [1.807, 2.05) is 0 Å². The molecule has 0 saturated carbocycles. The van der Waals surface area contributed by atoms with Crippen molar-refractivity contribution >= 4 is 23.4 Å². The number of carbonyl (C=O) groups is 3. The standard InChI is InChI=1S/C24H18FNO6/c1-31-24(30)16-6-4-14(5-7-16)20-19(21(27)15-8-10-17(25)11-9-15)22(28)23(29)26(20)13-18-3-2-12-32-18/h2-12,20,27H,13H2,1H3. The fraction of sp³-hybridized carbons (Fsp3) is 0.125. The minimum atomic E-state index is -0.947. The van der Waals surface area contributed by atoms with E-state index < -0.39 is 35.3 Å². The zero-order valence-corrected chi connectivity index (χ0v) is 16.9. The summed E-state index contributed by atoms with van der Waals surface area (Å²) in [7, 11) is 1.26. The van der Waals surface area contributed by atoms with E-state index in [9.17, 15) is 23.9 Å². The molecule has 4 rings (SSSR count). The number of amides is 1. The van der Waals surface area contributed by atoms with Crippen molar-refractivity contribution in [3.8, 4) is 0 Å². The number of hydrogen-bond donors (Lipinski definition) is 1. The normalized spacial score (nSPS) is 17.6. The third-order valence-corrected chi connectivity index (χ3v) is 5.21. The van der Waals surface area contributed by atoms with E-state index in [1.54, 1.807) is 24.3 Å². The fourth-order valence-corrected chi connectivity index (χ4v) is 3.64. The van der Waals surface area contributed by atoms with Gasteiger partial charge in [0.05, 0.1) is 37.1 Å². The molecule has 2 heterocycles. The van der Waals surface area contributed by atoms with Crippen molar-refractivity contribution in [2.24, 2.45) is 0 Å². The number of rotatable bonds is 5. The highest BCUT2D eigenvalue weighted by atomic mass is 19.1. The molecule has 8 heteroatoms. The lowest BCUT2D eigenvalue weighted by Gasteiger charge is -2.24. The first-order valence-corrected chi connectivity index (χ1v) is 9.65. The van der Waals surface area contributed by atoms with Crippen LogP contribution >= 0.6 is 0 Å². The molecule has 32 heavy (non-hydrogen) atoms. The summed E-state index contributed by atoms with van der Waals surface area (Å²) in [6, 6.07) is 13.5. The summed E-state index contributed by atoms with van der Waals surface area (Å²) in [5, 5.41) is 10.9. The van der Waals surface area contributed by atoms with Crippen molar-refractivity contribution in [2.45, 2.75) is 12.6 Å². The number of ketones is 1. The van der Waals surface area contributed by atoms with Crippen LogP contribution in [-0.2, 0) is 20.9 Å². The highest BCUT2D eigenvalue weighted by Gasteiger charge is 2.46. The Labute approximate surface area is 182 Å². The molecule has 1 N–H and O–H groups in total. The van der Waals surface area contributed by atoms with Crippen molar-refractivity contribution in [3.63, 3.8) is 0 Å². The van der Waals surface area contributed by atoms with E-state index in [2.05, 4.69) is 0 Å². The van der Waals surface area contributed by atoms with Gasteiger partial charge >= 0.3 is 5.97 Å². The maximum Gasteiger partial charge on any atom is 0.337 e. The van der Waals surface area contributed by atoms with Crippen LogP contribution in [0.25, 0.3) is 5.76 Å². The van der Waals surface area contributed by atoms with Gasteiger partial charge in [0.2, 0.25) is 0 Å². The van der Waals surface area contributed by atoms with E-state index in [-0.39, 0.29) is 23.2 Å². The second-order valence-electron chi connectivity index (χ2n) is 7.13. The number of Topliss-reactive ketones (excluding diaryl/α,β-unsaturated/α-hetero) is 1. The van der Waals surface area contributed by atoms with E-state index in [1.165, 1.54) is 42.5 Å². The Morgan fingerprint density at radius 2 is 1.72 bits per heavy atom. The molecular formula is C24H18FNO6. The van der Waals surface area contributed by atoms with Gasteiger partial charge in [-0.05, 0) is 54.1 Å². The predicted molar refractivity (Wildman–Crippen MR) is 111 cm³/mol. The van der Waals surface area contributed by atoms with E-state index >= 15 is 0 Å². The first kappa shape index (κ1) is 21.0. The third-order valence-electron chi connectivity index (χ3n) is 5.21. The Kier molecular flexibility index (Phi) is 5.59. The van der Waals surface area contributed by atoms with Gasteiger partial charge in [-0.15, -0.1) is 0 Å². The van der Waals surface area contributed by atoms with Gasteiger partial charge in [-0.1, -0.05) is 12.1 Å². The van der Waals surface area contributed by atoms with Crippen molar-refractivity contribution in [1.29, 1.82) is 0 Å². The summed E-state index contributed by atoms with van der Waals surface area (Å²) < 4.78 is 23.4. The van der Waals surface area contributed by atoms with Crippen molar-refractivity contribution < 1.29 is 33.0 Å². The molecule has 1 atom stereocenters. The molecule has 1 amide bonds. The lowest BCUT2D eigenvalue weighted by atomic mass is 9.94. The molecule has 1 fully saturated rings. The van der Waals surface area contributed by atoms with Crippen molar-refractivity contribution in [2.75, 3.05) is 7.11 Å². The predicted octanol–water partition coefficient (Wildman–Crippen LogP) is 3.83. The molecule has 0 radical (unpaired) electrons. The number of likely N-dealkylation sites (tertiary alicyclic amines) is 1. The molecule has 1 aliphatic rings. The average Bonchev–Trinajstić information content (AvgIpc) is 3.41. The monoisotopic (exact) mass is 435 g/mol. The summed E-state index contributed by atoms with van der Waals surface area (Å²) in [4.78, 5) is 38.9. The zero-order valence-electron chi connectivity index (χ0n) is 16.9. The number of hydrogen-bond acceptors (Lipinski definition) is 6. The molecule has 3 aromatic rings. The molecule has 2 aromatic carbocycles. The van der Waals surface area contributed by atoms with Crippen LogP contribution in [0.2, 0.25) is 0 Å². The summed E-state index contributed by atoms with van der Waals surface area (Å²) in [6.07, 6.45) is 1.45. The number of aliphatic hydroxyl groups excluding tert-OH is 1. The number of nitrogens with zero attached hydrogens (tertiary/aromatic N) is 1. The molecule has 1 aliphatic heterocycles. The van der Waals surface area contributed by atoms with Crippen LogP contribution in [0, 0.1) is 5.82 Å². The number of carbonyl (C=O) groups excluding carboxylic acids is 3. The second kappa shape index (κ2) is 8.50. The SMILES string of the molecule is COC(=O)c1ccc(C2C(=C(O)c3ccc(F)cc3)C(=O)C(=O)N2Cc2ccco2)cc1. The van der Waals surface area contributed by atoms with Gasteiger partial charge < -0.3 is 19.2 Å². The van der Waals surface area contributed by atoms with Crippen LogP contribution < -0.4 is 0 Å². The lowest BCUT2D eigenvalue weighted by molar-refractivity contribution is -0.140. The molecule has 162 valence electrons. The number of furan rings is 1. The Morgan fingerprint density at radius 3 is 2.31 bits per heavy atom. The first-order valence-electron chi connectivity index (χ1n) is 9.65. The van der Waals surface area contributed by atoms with Crippen molar-refractivity contribution in [3.05, 3.63) is 101 Å². The minimum absolute atomic E-state index is 0.0127. The van der Waals surface area contributed by atoms with Crippen molar-refractivity contribution in [1.82, 2.24) is 4.90 Å². The van der Waals surface area contributed by atoms with Gasteiger partial charge in [-0.25, -0.2) is 9.18 Å². The van der Waals surface area contributed by atoms with E-state index in [0.29, 0.717) is 11.3 Å². The molecule has 0 spiro atoms. The molecule has 1 aromatic heterocycles. The maximum atomic E-state index is 13.3. The van der Waals surface area contributed by atoms with Crippen LogP contribution in [0.4, 0.5) is 4.39 Å². The van der Waals surface area contributed by atoms with E-state index in [4.69, 9.17) is 9.15 Å². The van der Waals surface area contributed by atoms with Gasteiger partial charge in [0, 0.05) is 5.56 Å². The maximum absolute atomic E-state index is 13.3. The number of ether oxygens (including phenoxy) is 1. The summed E-state index contributed by atoms with van der Waals surface area (Å²) in [6.45, 7) is -0.0127.